The van der Waals surface area contributed by atoms with Gasteiger partial charge in [0, 0.05) is 16.6 Å². The molecule has 3 aromatic rings. The van der Waals surface area contributed by atoms with Crippen molar-refractivity contribution in [2.75, 3.05) is 6.54 Å². The number of carbonyl (C=O) groups excluding carboxylic acids is 1. The highest BCUT2D eigenvalue weighted by molar-refractivity contribution is 9.10. The van der Waals surface area contributed by atoms with E-state index in [2.05, 4.69) is 67.0 Å². The van der Waals surface area contributed by atoms with Crippen LogP contribution in [0.5, 0.6) is 0 Å². The monoisotopic (exact) mass is 419 g/mol. The van der Waals surface area contributed by atoms with Gasteiger partial charge in [0.15, 0.2) is 0 Å². The predicted molar refractivity (Wildman–Crippen MR) is 115 cm³/mol. The largest absolute Gasteiger partial charge is 0.325 e. The van der Waals surface area contributed by atoms with Crippen molar-refractivity contribution < 1.29 is 4.79 Å². The summed E-state index contributed by atoms with van der Waals surface area (Å²) in [7, 11) is 0. The highest BCUT2D eigenvalue weighted by Gasteiger charge is 2.39. The van der Waals surface area contributed by atoms with Gasteiger partial charge in [-0.1, -0.05) is 70.5 Å². The number of hydrogen-bond donors (Lipinski definition) is 0. The normalized spacial score (nSPS) is 15.1. The zero-order valence-corrected chi connectivity index (χ0v) is 17.4. The Morgan fingerprint density at radius 1 is 0.963 bits per heavy atom. The van der Waals surface area contributed by atoms with Gasteiger partial charge in [0.1, 0.15) is 0 Å². The Morgan fingerprint density at radius 2 is 1.70 bits per heavy atom. The van der Waals surface area contributed by atoms with E-state index in [4.69, 9.17) is 0 Å². The fourth-order valence-electron chi connectivity index (χ4n) is 3.91. The van der Waals surface area contributed by atoms with Crippen LogP contribution in [0.3, 0.4) is 0 Å². The summed E-state index contributed by atoms with van der Waals surface area (Å²) in [5.41, 5.74) is 3.71. The van der Waals surface area contributed by atoms with Crippen LogP contribution < -0.4 is 0 Å². The molecule has 2 nitrogen and oxygen atoms in total. The minimum absolute atomic E-state index is 0.109. The van der Waals surface area contributed by atoms with Crippen molar-refractivity contribution >= 4 is 38.2 Å². The van der Waals surface area contributed by atoms with Gasteiger partial charge < -0.3 is 4.90 Å². The van der Waals surface area contributed by atoms with E-state index in [9.17, 15) is 4.79 Å². The van der Waals surface area contributed by atoms with Gasteiger partial charge in [0.25, 0.3) is 5.91 Å². The minimum atomic E-state index is -0.397. The topological polar surface area (TPSA) is 20.3 Å². The number of carbonyl (C=O) groups is 1. The van der Waals surface area contributed by atoms with E-state index in [-0.39, 0.29) is 5.91 Å². The lowest BCUT2D eigenvalue weighted by molar-refractivity contribution is -0.128. The summed E-state index contributed by atoms with van der Waals surface area (Å²) in [5, 5.41) is 2.36. The molecule has 1 heterocycles. The Hall–Kier alpha value is -2.39. The quantitative estimate of drug-likeness (QED) is 0.498. The zero-order valence-electron chi connectivity index (χ0n) is 15.8. The second-order valence-corrected chi connectivity index (χ2v) is 8.50. The molecule has 1 aliphatic heterocycles. The summed E-state index contributed by atoms with van der Waals surface area (Å²) in [6.07, 6.45) is 0. The van der Waals surface area contributed by atoms with Crippen LogP contribution in [0.4, 0.5) is 0 Å². The van der Waals surface area contributed by atoms with Gasteiger partial charge in [0.2, 0.25) is 0 Å². The minimum Gasteiger partial charge on any atom is -0.325 e. The van der Waals surface area contributed by atoms with Gasteiger partial charge in [0.05, 0.1) is 5.54 Å². The molecule has 0 saturated carbocycles. The third kappa shape index (κ3) is 3.00. The van der Waals surface area contributed by atoms with E-state index in [0.29, 0.717) is 6.54 Å². The predicted octanol–water partition coefficient (Wildman–Crippen LogP) is 6.15. The third-order valence-corrected chi connectivity index (χ3v) is 6.24. The number of amides is 1. The summed E-state index contributed by atoms with van der Waals surface area (Å²) in [5.74, 6) is 0.109. The number of benzene rings is 3. The van der Waals surface area contributed by atoms with Crippen molar-refractivity contribution in [3.63, 3.8) is 0 Å². The van der Waals surface area contributed by atoms with Crippen LogP contribution in [-0.2, 0) is 10.3 Å². The number of hydrogen-bond acceptors (Lipinski definition) is 1. The standard InChI is InChI=1S/C24H22BrNO/c1-16-15-26(23(27)22(16)17-8-5-4-6-9-17)24(2,3)19-12-13-20-18(14-19)10-7-11-21(20)25/h4-14H,15H2,1-3H3. The summed E-state index contributed by atoms with van der Waals surface area (Å²) in [4.78, 5) is 15.3. The first-order valence-electron chi connectivity index (χ1n) is 9.15. The van der Waals surface area contributed by atoms with E-state index in [1.54, 1.807) is 0 Å². The molecule has 0 radical (unpaired) electrons. The second kappa shape index (κ2) is 6.65. The number of halogens is 1. The highest BCUT2D eigenvalue weighted by Crippen LogP contribution is 2.38. The molecule has 0 unspecified atom stereocenters. The molecule has 0 saturated heterocycles. The van der Waals surface area contributed by atoms with Crippen molar-refractivity contribution in [3.05, 3.63) is 87.9 Å². The Labute approximate surface area is 168 Å². The molecule has 0 atom stereocenters. The molecule has 1 amide bonds. The third-order valence-electron chi connectivity index (χ3n) is 5.55. The molecule has 0 fully saturated rings. The van der Waals surface area contributed by atoms with E-state index < -0.39 is 5.54 Å². The Balaban J connectivity index is 1.72. The van der Waals surface area contributed by atoms with Gasteiger partial charge >= 0.3 is 0 Å². The molecule has 3 aromatic carbocycles. The number of nitrogens with zero attached hydrogens (tertiary/aromatic N) is 1. The maximum Gasteiger partial charge on any atom is 0.255 e. The van der Waals surface area contributed by atoms with Gasteiger partial charge in [-0.2, -0.15) is 0 Å². The second-order valence-electron chi connectivity index (χ2n) is 7.65. The van der Waals surface area contributed by atoms with E-state index in [0.717, 1.165) is 26.7 Å². The fraction of sp³-hybridized carbons (Fsp3) is 0.208. The molecule has 27 heavy (non-hydrogen) atoms. The first kappa shape index (κ1) is 18.0. The van der Waals surface area contributed by atoms with Crippen LogP contribution in [0.2, 0.25) is 0 Å². The molecule has 1 aliphatic rings. The molecular formula is C24H22BrNO. The fourth-order valence-corrected chi connectivity index (χ4v) is 4.43. The lowest BCUT2D eigenvalue weighted by Crippen LogP contribution is -2.43. The Morgan fingerprint density at radius 3 is 2.44 bits per heavy atom. The van der Waals surface area contributed by atoms with Gasteiger partial charge in [-0.15, -0.1) is 0 Å². The Kier molecular flexibility index (Phi) is 4.43. The molecule has 136 valence electrons. The van der Waals surface area contributed by atoms with Crippen molar-refractivity contribution in [3.8, 4) is 0 Å². The SMILES string of the molecule is CC1=C(c2ccccc2)C(=O)N(C(C)(C)c2ccc3c(Br)cccc3c2)C1. The molecule has 0 bridgehead atoms. The maximum atomic E-state index is 13.3. The van der Waals surface area contributed by atoms with Gasteiger partial charge in [-0.3, -0.25) is 4.79 Å². The molecule has 0 aromatic heterocycles. The summed E-state index contributed by atoms with van der Waals surface area (Å²) in [6.45, 7) is 6.98. The zero-order chi connectivity index (χ0) is 19.2. The van der Waals surface area contributed by atoms with E-state index >= 15 is 0 Å². The van der Waals surface area contributed by atoms with Crippen LogP contribution in [0.15, 0.2) is 76.8 Å². The summed E-state index contributed by atoms with van der Waals surface area (Å²) < 4.78 is 1.09. The summed E-state index contributed by atoms with van der Waals surface area (Å²) >= 11 is 3.62. The lowest BCUT2D eigenvalue weighted by Gasteiger charge is -2.37. The van der Waals surface area contributed by atoms with Gasteiger partial charge in [-0.25, -0.2) is 0 Å². The van der Waals surface area contributed by atoms with Crippen molar-refractivity contribution in [2.24, 2.45) is 0 Å². The van der Waals surface area contributed by atoms with Gasteiger partial charge in [-0.05, 0) is 60.4 Å². The van der Waals surface area contributed by atoms with Crippen LogP contribution in [0.25, 0.3) is 16.3 Å². The van der Waals surface area contributed by atoms with Crippen molar-refractivity contribution in [1.82, 2.24) is 4.90 Å². The molecule has 0 aliphatic carbocycles. The first-order valence-corrected chi connectivity index (χ1v) is 9.95. The van der Waals surface area contributed by atoms with Crippen LogP contribution in [0.1, 0.15) is 31.9 Å². The van der Waals surface area contributed by atoms with E-state index in [1.807, 2.05) is 41.3 Å². The molecule has 0 N–H and O–H groups in total. The van der Waals surface area contributed by atoms with E-state index in [1.165, 1.54) is 10.8 Å². The van der Waals surface area contributed by atoms with Crippen LogP contribution >= 0.6 is 15.9 Å². The molecule has 0 spiro atoms. The lowest BCUT2D eigenvalue weighted by atomic mass is 9.90. The molecule has 3 heteroatoms. The van der Waals surface area contributed by atoms with Crippen molar-refractivity contribution in [2.45, 2.75) is 26.3 Å². The van der Waals surface area contributed by atoms with Crippen LogP contribution in [-0.4, -0.2) is 17.4 Å². The maximum absolute atomic E-state index is 13.3. The van der Waals surface area contributed by atoms with Crippen LogP contribution in [0, 0.1) is 0 Å². The average molecular weight is 420 g/mol. The highest BCUT2D eigenvalue weighted by atomic mass is 79.9. The Bertz CT molecular complexity index is 1070. The molecule has 4 rings (SSSR count). The average Bonchev–Trinajstić information content (AvgIpc) is 2.97. The number of rotatable bonds is 3. The molecular weight excluding hydrogens is 398 g/mol. The first-order chi connectivity index (χ1) is 12.9. The smallest absolute Gasteiger partial charge is 0.255 e. The summed E-state index contributed by atoms with van der Waals surface area (Å²) in [6, 6.07) is 22.7. The number of fused-ring (bicyclic) bond motifs is 1. The van der Waals surface area contributed by atoms with Crippen molar-refractivity contribution in [1.29, 1.82) is 0 Å².